The van der Waals surface area contributed by atoms with Crippen molar-refractivity contribution in [2.24, 2.45) is 0 Å². The summed E-state index contributed by atoms with van der Waals surface area (Å²) in [7, 11) is 0. The molecule has 1 saturated heterocycles. The molecule has 0 saturated carbocycles. The number of nitrogens with zero attached hydrogens (tertiary/aromatic N) is 1. The molecule has 1 fully saturated rings. The number of amides is 3. The van der Waals surface area contributed by atoms with E-state index < -0.39 is 41.1 Å². The average Bonchev–Trinajstić information content (AvgIpc) is 2.72. The number of carbonyl (C=O) groups is 4. The van der Waals surface area contributed by atoms with E-state index in [9.17, 15) is 19.2 Å². The molecule has 3 amide bonds. The molecule has 1 aromatic rings. The van der Waals surface area contributed by atoms with E-state index in [1.54, 1.807) is 25.7 Å². The predicted octanol–water partition coefficient (Wildman–Crippen LogP) is 2.05. The minimum absolute atomic E-state index is 0.327. The zero-order chi connectivity index (χ0) is 24.1. The SMILES string of the molecule is CC(NC(=O)C(C)NC(=O)C1(c2ccccc2)CCN(C(=O)OC(C)(C)C)CC1)C(=O)O. The Labute approximate surface area is 188 Å². The van der Waals surface area contributed by atoms with E-state index in [-0.39, 0.29) is 5.91 Å². The molecule has 9 nitrogen and oxygen atoms in total. The maximum atomic E-state index is 13.4. The normalized spacial score (nSPS) is 17.6. The molecule has 1 aliphatic heterocycles. The first-order valence-corrected chi connectivity index (χ1v) is 10.7. The lowest BCUT2D eigenvalue weighted by molar-refractivity contribution is -0.141. The van der Waals surface area contributed by atoms with Gasteiger partial charge in [0, 0.05) is 13.1 Å². The summed E-state index contributed by atoms with van der Waals surface area (Å²) in [6, 6.07) is 7.27. The van der Waals surface area contributed by atoms with Crippen LogP contribution < -0.4 is 10.6 Å². The second kappa shape index (κ2) is 10.0. The standard InChI is InChI=1S/C23H33N3O6/c1-15(18(27)24-16(2)19(28)29)25-20(30)23(17-9-7-6-8-10-17)11-13-26(14-12-23)21(31)32-22(3,4)5/h6-10,15-16H,11-14H2,1-5H3,(H,24,27)(H,25,30)(H,28,29). The molecule has 32 heavy (non-hydrogen) atoms. The van der Waals surface area contributed by atoms with Gasteiger partial charge in [0.1, 0.15) is 17.7 Å². The van der Waals surface area contributed by atoms with Crippen molar-refractivity contribution < 1.29 is 29.0 Å². The Balaban J connectivity index is 2.17. The van der Waals surface area contributed by atoms with Crippen molar-refractivity contribution in [3.05, 3.63) is 35.9 Å². The quantitative estimate of drug-likeness (QED) is 0.613. The molecule has 3 N–H and O–H groups in total. The van der Waals surface area contributed by atoms with Gasteiger partial charge in [-0.3, -0.25) is 14.4 Å². The third-order valence-corrected chi connectivity index (χ3v) is 5.50. The van der Waals surface area contributed by atoms with Gasteiger partial charge in [0.05, 0.1) is 5.41 Å². The third kappa shape index (κ3) is 6.21. The van der Waals surface area contributed by atoms with Gasteiger partial charge < -0.3 is 25.4 Å². The van der Waals surface area contributed by atoms with E-state index in [1.165, 1.54) is 13.8 Å². The van der Waals surface area contributed by atoms with Crippen LogP contribution in [0.4, 0.5) is 4.79 Å². The Morgan fingerprint density at radius 2 is 1.56 bits per heavy atom. The molecule has 0 radical (unpaired) electrons. The molecule has 2 atom stereocenters. The summed E-state index contributed by atoms with van der Waals surface area (Å²) in [4.78, 5) is 50.8. The first kappa shape index (κ1) is 25.2. The van der Waals surface area contributed by atoms with Gasteiger partial charge in [-0.2, -0.15) is 0 Å². The number of benzene rings is 1. The molecule has 0 aromatic heterocycles. The summed E-state index contributed by atoms with van der Waals surface area (Å²) in [6.07, 6.45) is 0.305. The average molecular weight is 448 g/mol. The summed E-state index contributed by atoms with van der Waals surface area (Å²) in [5.41, 5.74) is -0.738. The highest BCUT2D eigenvalue weighted by atomic mass is 16.6. The molecule has 1 aromatic carbocycles. The van der Waals surface area contributed by atoms with Crippen LogP contribution in [0.25, 0.3) is 0 Å². The summed E-state index contributed by atoms with van der Waals surface area (Å²) < 4.78 is 5.45. The number of ether oxygens (including phenoxy) is 1. The van der Waals surface area contributed by atoms with E-state index in [2.05, 4.69) is 10.6 Å². The number of hydrogen-bond acceptors (Lipinski definition) is 5. The third-order valence-electron chi connectivity index (χ3n) is 5.50. The Morgan fingerprint density at radius 1 is 1.00 bits per heavy atom. The first-order chi connectivity index (χ1) is 14.9. The van der Waals surface area contributed by atoms with Crippen LogP contribution in [-0.4, -0.2) is 64.7 Å². The van der Waals surface area contributed by atoms with E-state index in [4.69, 9.17) is 9.84 Å². The number of carboxylic acid groups (broad SMARTS) is 1. The predicted molar refractivity (Wildman–Crippen MR) is 118 cm³/mol. The van der Waals surface area contributed by atoms with Crippen LogP contribution >= 0.6 is 0 Å². The summed E-state index contributed by atoms with van der Waals surface area (Å²) in [5, 5.41) is 14.1. The molecule has 9 heteroatoms. The number of hydrogen-bond donors (Lipinski definition) is 3. The van der Waals surface area contributed by atoms with Gasteiger partial charge in [-0.25, -0.2) is 4.79 Å². The van der Waals surface area contributed by atoms with E-state index >= 15 is 0 Å². The number of aliphatic carboxylic acids is 1. The monoisotopic (exact) mass is 447 g/mol. The maximum Gasteiger partial charge on any atom is 0.410 e. The highest BCUT2D eigenvalue weighted by Gasteiger charge is 2.45. The number of nitrogens with one attached hydrogen (secondary N) is 2. The lowest BCUT2D eigenvalue weighted by Crippen LogP contribution is -2.57. The van der Waals surface area contributed by atoms with Gasteiger partial charge in [0.2, 0.25) is 11.8 Å². The van der Waals surface area contributed by atoms with Crippen LogP contribution in [0.3, 0.4) is 0 Å². The Hall–Kier alpha value is -3.10. The van der Waals surface area contributed by atoms with E-state index in [1.807, 2.05) is 30.3 Å². The van der Waals surface area contributed by atoms with Gasteiger partial charge in [-0.05, 0) is 53.0 Å². The van der Waals surface area contributed by atoms with Crippen LogP contribution in [0.15, 0.2) is 30.3 Å². The maximum absolute atomic E-state index is 13.4. The zero-order valence-electron chi connectivity index (χ0n) is 19.3. The van der Waals surface area contributed by atoms with Crippen molar-refractivity contribution in [3.63, 3.8) is 0 Å². The van der Waals surface area contributed by atoms with Gasteiger partial charge in [0.15, 0.2) is 0 Å². The summed E-state index contributed by atoms with van der Waals surface area (Å²) in [5.74, 6) is -2.08. The molecule has 176 valence electrons. The molecular formula is C23H33N3O6. The summed E-state index contributed by atoms with van der Waals surface area (Å²) >= 11 is 0. The number of carboxylic acids is 1. The smallest absolute Gasteiger partial charge is 0.410 e. The van der Waals surface area contributed by atoms with Gasteiger partial charge in [-0.1, -0.05) is 30.3 Å². The Morgan fingerprint density at radius 3 is 2.06 bits per heavy atom. The van der Waals surface area contributed by atoms with E-state index in [0.717, 1.165) is 5.56 Å². The molecule has 1 heterocycles. The van der Waals surface area contributed by atoms with Gasteiger partial charge >= 0.3 is 12.1 Å². The molecule has 2 unspecified atom stereocenters. The highest BCUT2D eigenvalue weighted by molar-refractivity contribution is 5.94. The van der Waals surface area contributed by atoms with Crippen LogP contribution in [0, 0.1) is 0 Å². The summed E-state index contributed by atoms with van der Waals surface area (Å²) in [6.45, 7) is 8.92. The molecular weight excluding hydrogens is 414 g/mol. The first-order valence-electron chi connectivity index (χ1n) is 10.7. The fourth-order valence-electron chi connectivity index (χ4n) is 3.60. The molecule has 0 spiro atoms. The van der Waals surface area contributed by atoms with Crippen molar-refractivity contribution in [3.8, 4) is 0 Å². The van der Waals surface area contributed by atoms with Crippen LogP contribution in [0.5, 0.6) is 0 Å². The number of likely N-dealkylation sites (tertiary alicyclic amines) is 1. The highest BCUT2D eigenvalue weighted by Crippen LogP contribution is 2.36. The van der Waals surface area contributed by atoms with Crippen LogP contribution in [0.1, 0.15) is 53.0 Å². The molecule has 0 aliphatic carbocycles. The van der Waals surface area contributed by atoms with Gasteiger partial charge in [-0.15, -0.1) is 0 Å². The van der Waals surface area contributed by atoms with Crippen molar-refractivity contribution in [2.75, 3.05) is 13.1 Å². The second-order valence-corrected chi connectivity index (χ2v) is 9.18. The topological polar surface area (TPSA) is 125 Å². The second-order valence-electron chi connectivity index (χ2n) is 9.18. The van der Waals surface area contributed by atoms with Crippen LogP contribution in [0.2, 0.25) is 0 Å². The fourth-order valence-corrected chi connectivity index (χ4v) is 3.60. The molecule has 1 aliphatic rings. The minimum atomic E-state index is -1.16. The number of piperidine rings is 1. The van der Waals surface area contributed by atoms with Crippen molar-refractivity contribution in [1.82, 2.24) is 15.5 Å². The molecule has 0 bridgehead atoms. The largest absolute Gasteiger partial charge is 0.480 e. The lowest BCUT2D eigenvalue weighted by Gasteiger charge is -2.41. The Bertz CT molecular complexity index is 841. The number of carbonyl (C=O) groups excluding carboxylic acids is 3. The lowest BCUT2D eigenvalue weighted by atomic mass is 9.72. The fraction of sp³-hybridized carbons (Fsp3) is 0.565. The minimum Gasteiger partial charge on any atom is -0.480 e. The zero-order valence-corrected chi connectivity index (χ0v) is 19.3. The number of rotatable bonds is 6. The van der Waals surface area contributed by atoms with Crippen molar-refractivity contribution in [2.45, 2.75) is 70.6 Å². The van der Waals surface area contributed by atoms with Crippen molar-refractivity contribution >= 4 is 23.9 Å². The van der Waals surface area contributed by atoms with Crippen molar-refractivity contribution in [1.29, 1.82) is 0 Å². The molecule has 2 rings (SSSR count). The van der Waals surface area contributed by atoms with Crippen LogP contribution in [-0.2, 0) is 24.5 Å². The van der Waals surface area contributed by atoms with Gasteiger partial charge in [0.25, 0.3) is 0 Å². The Kier molecular flexibility index (Phi) is 7.87. The van der Waals surface area contributed by atoms with E-state index in [0.29, 0.717) is 25.9 Å².